The van der Waals surface area contributed by atoms with E-state index in [1.165, 1.54) is 25.9 Å². The van der Waals surface area contributed by atoms with E-state index in [9.17, 15) is 13.2 Å². The zero-order chi connectivity index (χ0) is 20.9. The number of likely N-dealkylation sites (tertiary alicyclic amines) is 1. The zero-order valence-electron chi connectivity index (χ0n) is 17.1. The third-order valence-corrected chi connectivity index (χ3v) is 6.86. The minimum Gasteiger partial charge on any atom is -0.352 e. The molecule has 0 saturated carbocycles. The first-order valence-corrected chi connectivity index (χ1v) is 11.7. The van der Waals surface area contributed by atoms with Crippen LogP contribution >= 0.6 is 0 Å². The summed E-state index contributed by atoms with van der Waals surface area (Å²) < 4.78 is 28.0. The van der Waals surface area contributed by atoms with Gasteiger partial charge in [0.25, 0.3) is 15.9 Å². The van der Waals surface area contributed by atoms with Crippen molar-refractivity contribution in [3.05, 3.63) is 59.2 Å². The highest BCUT2D eigenvalue weighted by molar-refractivity contribution is 7.92. The predicted molar refractivity (Wildman–Crippen MR) is 115 cm³/mol. The molecule has 0 spiro atoms. The molecule has 0 aliphatic carbocycles. The Morgan fingerprint density at radius 3 is 2.41 bits per heavy atom. The van der Waals surface area contributed by atoms with Crippen LogP contribution in [0.4, 0.5) is 5.69 Å². The molecule has 0 atom stereocenters. The van der Waals surface area contributed by atoms with Crippen LogP contribution in [0.1, 0.15) is 40.7 Å². The second-order valence-corrected chi connectivity index (χ2v) is 9.42. The molecular weight excluding hydrogens is 386 g/mol. The van der Waals surface area contributed by atoms with Crippen LogP contribution in [-0.4, -0.2) is 40.5 Å². The van der Waals surface area contributed by atoms with Crippen LogP contribution in [0.3, 0.4) is 0 Å². The number of anilines is 1. The molecule has 0 radical (unpaired) electrons. The third kappa shape index (κ3) is 5.81. The van der Waals surface area contributed by atoms with Gasteiger partial charge in [0.1, 0.15) is 0 Å². The number of quaternary nitrogens is 1. The lowest BCUT2D eigenvalue weighted by Gasteiger charge is -2.13. The number of nitrogens with one attached hydrogen (secondary N) is 3. The maximum Gasteiger partial charge on any atom is 0.262 e. The van der Waals surface area contributed by atoms with Crippen molar-refractivity contribution in [1.29, 1.82) is 0 Å². The summed E-state index contributed by atoms with van der Waals surface area (Å²) in [6.45, 7) is 7.87. The fraction of sp³-hybridized carbons (Fsp3) is 0.409. The molecule has 7 heteroatoms. The molecule has 1 heterocycles. The van der Waals surface area contributed by atoms with Gasteiger partial charge in [-0.2, -0.15) is 0 Å². The summed E-state index contributed by atoms with van der Waals surface area (Å²) in [5, 5.41) is 2.94. The normalized spacial score (nSPS) is 14.7. The molecule has 6 nitrogen and oxygen atoms in total. The molecule has 0 bridgehead atoms. The fourth-order valence-electron chi connectivity index (χ4n) is 3.66. The van der Waals surface area contributed by atoms with Gasteiger partial charge in [-0.05, 0) is 55.3 Å². The van der Waals surface area contributed by atoms with Crippen molar-refractivity contribution in [1.82, 2.24) is 5.32 Å². The lowest BCUT2D eigenvalue weighted by Crippen LogP contribution is -3.10. The Kier molecular flexibility index (Phi) is 6.92. The molecule has 0 aromatic heterocycles. The Morgan fingerprint density at radius 1 is 1.03 bits per heavy atom. The summed E-state index contributed by atoms with van der Waals surface area (Å²) in [6, 6.07) is 11.8. The van der Waals surface area contributed by atoms with Gasteiger partial charge in [0, 0.05) is 37.1 Å². The Balaban J connectivity index is 1.55. The molecule has 1 aliphatic rings. The van der Waals surface area contributed by atoms with E-state index in [-0.39, 0.29) is 10.8 Å². The molecule has 156 valence electrons. The first-order chi connectivity index (χ1) is 13.8. The highest BCUT2D eigenvalue weighted by Crippen LogP contribution is 2.21. The van der Waals surface area contributed by atoms with Crippen LogP contribution in [0.25, 0.3) is 0 Å². The highest BCUT2D eigenvalue weighted by atomic mass is 32.2. The van der Waals surface area contributed by atoms with Crippen molar-refractivity contribution in [2.75, 3.05) is 30.9 Å². The van der Waals surface area contributed by atoms with Gasteiger partial charge in [0.15, 0.2) is 0 Å². The summed E-state index contributed by atoms with van der Waals surface area (Å²) in [7, 11) is -3.68. The summed E-state index contributed by atoms with van der Waals surface area (Å²) in [4.78, 5) is 14.2. The van der Waals surface area contributed by atoms with Crippen LogP contribution in [0, 0.1) is 13.8 Å². The van der Waals surface area contributed by atoms with Crippen molar-refractivity contribution in [2.24, 2.45) is 0 Å². The molecule has 1 saturated heterocycles. The van der Waals surface area contributed by atoms with E-state index in [4.69, 9.17) is 0 Å². The predicted octanol–water partition coefficient (Wildman–Crippen LogP) is 1.90. The molecule has 29 heavy (non-hydrogen) atoms. The monoisotopic (exact) mass is 416 g/mol. The average Bonchev–Trinajstić information content (AvgIpc) is 3.20. The van der Waals surface area contributed by atoms with Gasteiger partial charge >= 0.3 is 0 Å². The molecule has 3 N–H and O–H groups in total. The third-order valence-electron chi connectivity index (χ3n) is 5.34. The van der Waals surface area contributed by atoms with Gasteiger partial charge in [0.05, 0.1) is 24.5 Å². The minimum absolute atomic E-state index is 0.134. The maximum absolute atomic E-state index is 12.7. The van der Waals surface area contributed by atoms with Crippen molar-refractivity contribution in [3.63, 3.8) is 0 Å². The van der Waals surface area contributed by atoms with Gasteiger partial charge in [-0.15, -0.1) is 0 Å². The summed E-state index contributed by atoms with van der Waals surface area (Å²) in [5.41, 5.74) is 2.53. The number of carbonyl (C=O) groups is 1. The van der Waals surface area contributed by atoms with E-state index in [1.807, 2.05) is 13.0 Å². The lowest BCUT2D eigenvalue weighted by atomic mass is 10.2. The Labute approximate surface area is 173 Å². The van der Waals surface area contributed by atoms with E-state index in [0.717, 1.165) is 18.5 Å². The number of carbonyl (C=O) groups excluding carboxylic acids is 1. The van der Waals surface area contributed by atoms with E-state index in [0.29, 0.717) is 23.4 Å². The fourth-order valence-corrected chi connectivity index (χ4v) is 5.05. The molecule has 0 unspecified atom stereocenters. The van der Waals surface area contributed by atoms with Gasteiger partial charge in [-0.3, -0.25) is 9.52 Å². The first-order valence-electron chi connectivity index (χ1n) is 10.2. The number of rotatable bonds is 8. The summed E-state index contributed by atoms with van der Waals surface area (Å²) in [6.07, 6.45) is 3.58. The van der Waals surface area contributed by atoms with Crippen LogP contribution in [0.5, 0.6) is 0 Å². The Morgan fingerprint density at radius 2 is 1.72 bits per heavy atom. The maximum atomic E-state index is 12.7. The van der Waals surface area contributed by atoms with Crippen LogP contribution < -0.4 is 14.9 Å². The summed E-state index contributed by atoms with van der Waals surface area (Å²) in [5.74, 6) is -0.134. The van der Waals surface area contributed by atoms with Crippen molar-refractivity contribution >= 4 is 21.6 Å². The summed E-state index contributed by atoms with van der Waals surface area (Å²) >= 11 is 0. The van der Waals surface area contributed by atoms with Gasteiger partial charge < -0.3 is 10.2 Å². The van der Waals surface area contributed by atoms with Gasteiger partial charge in [0.2, 0.25) is 0 Å². The van der Waals surface area contributed by atoms with Crippen LogP contribution in [0.2, 0.25) is 0 Å². The zero-order valence-corrected chi connectivity index (χ0v) is 17.9. The minimum atomic E-state index is -3.68. The Hall–Kier alpha value is -2.38. The molecule has 1 aliphatic heterocycles. The first kappa shape index (κ1) is 21.3. The standard InChI is InChI=1S/C22H29N3O3S/c1-17-6-7-18(2)21(16-17)29(27,28)24-20-10-8-19(9-11-20)22(26)23-12-5-15-25-13-3-4-14-25/h6-11,16,24H,3-5,12-15H2,1-2H3,(H,23,26)/p+1. The number of hydrogen-bond acceptors (Lipinski definition) is 3. The highest BCUT2D eigenvalue weighted by Gasteiger charge is 2.18. The topological polar surface area (TPSA) is 79.7 Å². The second kappa shape index (κ2) is 9.41. The largest absolute Gasteiger partial charge is 0.352 e. The molecule has 2 aromatic rings. The molecule has 1 fully saturated rings. The number of hydrogen-bond donors (Lipinski definition) is 3. The Bertz CT molecular complexity index is 950. The molecular formula is C22H30N3O3S+. The lowest BCUT2D eigenvalue weighted by molar-refractivity contribution is -0.887. The number of aryl methyl sites for hydroxylation is 2. The quantitative estimate of drug-likeness (QED) is 0.575. The number of sulfonamides is 1. The second-order valence-electron chi connectivity index (χ2n) is 7.77. The van der Waals surface area contributed by atoms with Crippen molar-refractivity contribution in [2.45, 2.75) is 38.0 Å². The number of amides is 1. The van der Waals surface area contributed by atoms with Crippen LogP contribution in [0.15, 0.2) is 47.4 Å². The van der Waals surface area contributed by atoms with Crippen molar-refractivity contribution < 1.29 is 18.1 Å². The average molecular weight is 417 g/mol. The molecule has 3 rings (SSSR count). The number of benzene rings is 2. The molecule has 2 aromatic carbocycles. The SMILES string of the molecule is Cc1ccc(C)c(S(=O)(=O)Nc2ccc(C(=O)NCCC[NH+]3CCCC3)cc2)c1. The van der Waals surface area contributed by atoms with E-state index in [2.05, 4.69) is 10.0 Å². The molecule has 1 amide bonds. The van der Waals surface area contributed by atoms with Crippen LogP contribution in [-0.2, 0) is 10.0 Å². The van der Waals surface area contributed by atoms with E-state index in [1.54, 1.807) is 48.2 Å². The van der Waals surface area contributed by atoms with Crippen molar-refractivity contribution in [3.8, 4) is 0 Å². The van der Waals surface area contributed by atoms with E-state index < -0.39 is 10.0 Å². The van der Waals surface area contributed by atoms with E-state index >= 15 is 0 Å². The van der Waals surface area contributed by atoms with Gasteiger partial charge in [-0.1, -0.05) is 12.1 Å². The smallest absolute Gasteiger partial charge is 0.262 e. The van der Waals surface area contributed by atoms with Gasteiger partial charge in [-0.25, -0.2) is 8.42 Å².